The Hall–Kier alpha value is -0.523. The summed E-state index contributed by atoms with van der Waals surface area (Å²) in [5.74, 6) is 0. The highest BCUT2D eigenvalue weighted by Crippen LogP contribution is 2.18. The van der Waals surface area contributed by atoms with Crippen LogP contribution in [0, 0.1) is 0 Å². The van der Waals surface area contributed by atoms with Crippen LogP contribution in [-0.4, -0.2) is 41.2 Å². The third kappa shape index (κ3) is 10.8. The van der Waals surface area contributed by atoms with E-state index >= 15 is 0 Å². The van der Waals surface area contributed by atoms with E-state index in [1.54, 1.807) is 6.08 Å². The molecule has 21 heavy (non-hydrogen) atoms. The first-order valence-corrected chi connectivity index (χ1v) is 10.1. The molecule has 5 nitrogen and oxygen atoms in total. The number of rotatable bonds is 15. The fraction of sp³-hybridized carbons (Fsp3) is 0.933. The van der Waals surface area contributed by atoms with Gasteiger partial charge >= 0.3 is 8.80 Å². The standard InChI is InChI=1S/C15H31NO4Si/c1-4-7-11-18-21(14-10-16-15-17,19-12-8-5-2)20-13-9-6-3/h4-14H2,1-3H3. The molecule has 0 aliphatic heterocycles. The summed E-state index contributed by atoms with van der Waals surface area (Å²) in [7, 11) is -2.72. The maximum Gasteiger partial charge on any atom is 0.502 e. The number of unbranched alkanes of at least 4 members (excludes halogenated alkanes) is 3. The predicted molar refractivity (Wildman–Crippen MR) is 86.1 cm³/mol. The highest BCUT2D eigenvalue weighted by atomic mass is 28.4. The van der Waals surface area contributed by atoms with Crippen molar-refractivity contribution in [3.05, 3.63) is 0 Å². The molecule has 0 aromatic rings. The zero-order chi connectivity index (χ0) is 15.8. The molecule has 0 saturated heterocycles. The van der Waals surface area contributed by atoms with Gasteiger partial charge in [-0.25, -0.2) is 9.79 Å². The lowest BCUT2D eigenvalue weighted by Crippen LogP contribution is -2.47. The van der Waals surface area contributed by atoms with Crippen LogP contribution in [0.5, 0.6) is 0 Å². The fourth-order valence-corrected chi connectivity index (χ4v) is 4.13. The Kier molecular flexibility index (Phi) is 14.1. The quantitative estimate of drug-likeness (QED) is 0.200. The van der Waals surface area contributed by atoms with Crippen molar-refractivity contribution in [2.75, 3.05) is 26.4 Å². The topological polar surface area (TPSA) is 57.1 Å². The molecule has 124 valence electrons. The summed E-state index contributed by atoms with van der Waals surface area (Å²) in [5, 5.41) is 0. The van der Waals surface area contributed by atoms with Gasteiger partial charge in [0.25, 0.3) is 0 Å². The lowest BCUT2D eigenvalue weighted by atomic mass is 10.4. The number of isocyanates is 1. The van der Waals surface area contributed by atoms with Crippen LogP contribution in [0.2, 0.25) is 6.04 Å². The smallest absolute Gasteiger partial charge is 0.373 e. The maximum absolute atomic E-state index is 10.3. The number of hydrogen-bond donors (Lipinski definition) is 0. The van der Waals surface area contributed by atoms with Crippen molar-refractivity contribution in [3.63, 3.8) is 0 Å². The highest BCUT2D eigenvalue weighted by Gasteiger charge is 2.40. The minimum atomic E-state index is -2.72. The Morgan fingerprint density at radius 3 is 1.62 bits per heavy atom. The van der Waals surface area contributed by atoms with Crippen LogP contribution in [0.3, 0.4) is 0 Å². The van der Waals surface area contributed by atoms with Crippen molar-refractivity contribution in [2.45, 2.75) is 65.3 Å². The van der Waals surface area contributed by atoms with Gasteiger partial charge < -0.3 is 13.3 Å². The van der Waals surface area contributed by atoms with Gasteiger partial charge in [0.15, 0.2) is 0 Å². The molecule has 0 radical (unpaired) electrons. The Labute approximate surface area is 130 Å². The summed E-state index contributed by atoms with van der Waals surface area (Å²) in [5.41, 5.74) is 0. The minimum absolute atomic E-state index is 0.361. The Balaban J connectivity index is 4.63. The first-order chi connectivity index (χ1) is 10.2. The lowest BCUT2D eigenvalue weighted by molar-refractivity contribution is 0.0569. The van der Waals surface area contributed by atoms with Gasteiger partial charge in [-0.1, -0.05) is 40.0 Å². The SMILES string of the molecule is CCCCO[Si](CCN=C=O)(OCCCC)OCCCC. The van der Waals surface area contributed by atoms with Crippen LogP contribution in [0.15, 0.2) is 4.99 Å². The van der Waals surface area contributed by atoms with Crippen LogP contribution in [0.1, 0.15) is 59.3 Å². The zero-order valence-corrected chi connectivity index (χ0v) is 14.9. The lowest BCUT2D eigenvalue weighted by Gasteiger charge is -2.29. The van der Waals surface area contributed by atoms with E-state index in [4.69, 9.17) is 13.3 Å². The molecule has 0 amide bonds. The van der Waals surface area contributed by atoms with E-state index in [0.29, 0.717) is 32.4 Å². The van der Waals surface area contributed by atoms with Crippen LogP contribution < -0.4 is 0 Å². The number of hydrogen-bond acceptors (Lipinski definition) is 5. The maximum atomic E-state index is 10.3. The van der Waals surface area contributed by atoms with Crippen LogP contribution in [-0.2, 0) is 18.1 Å². The average Bonchev–Trinajstić information content (AvgIpc) is 2.48. The van der Waals surface area contributed by atoms with Crippen LogP contribution in [0.25, 0.3) is 0 Å². The van der Waals surface area contributed by atoms with Gasteiger partial charge in [-0.3, -0.25) is 0 Å². The minimum Gasteiger partial charge on any atom is -0.373 e. The molecule has 0 atom stereocenters. The third-order valence-corrected chi connectivity index (χ3v) is 5.82. The molecule has 0 unspecified atom stereocenters. The van der Waals surface area contributed by atoms with Crippen molar-refractivity contribution < 1.29 is 18.1 Å². The van der Waals surface area contributed by atoms with Crippen LogP contribution >= 0.6 is 0 Å². The first-order valence-electron chi connectivity index (χ1n) is 8.20. The summed E-state index contributed by atoms with van der Waals surface area (Å²) in [6.45, 7) is 8.67. The Bertz CT molecular complexity index is 256. The van der Waals surface area contributed by atoms with Gasteiger partial charge in [0.2, 0.25) is 6.08 Å². The Morgan fingerprint density at radius 1 is 0.857 bits per heavy atom. The molecule has 6 heteroatoms. The summed E-state index contributed by atoms with van der Waals surface area (Å²) in [6, 6.07) is 0.555. The highest BCUT2D eigenvalue weighted by molar-refractivity contribution is 6.60. The zero-order valence-electron chi connectivity index (χ0n) is 13.9. The number of carbonyl (C=O) groups excluding carboxylic acids is 1. The summed E-state index contributed by atoms with van der Waals surface area (Å²) >= 11 is 0. The second-order valence-corrected chi connectivity index (χ2v) is 7.74. The summed E-state index contributed by atoms with van der Waals surface area (Å²) in [6.07, 6.45) is 7.74. The molecule has 0 spiro atoms. The molecule has 0 rings (SSSR count). The van der Waals surface area contributed by atoms with Crippen molar-refractivity contribution in [1.29, 1.82) is 0 Å². The van der Waals surface area contributed by atoms with E-state index in [-0.39, 0.29) is 0 Å². The second kappa shape index (κ2) is 14.4. The van der Waals surface area contributed by atoms with Gasteiger partial charge in [0.1, 0.15) is 0 Å². The van der Waals surface area contributed by atoms with Crippen molar-refractivity contribution >= 4 is 14.9 Å². The second-order valence-electron chi connectivity index (χ2n) is 5.01. The molecule has 0 fully saturated rings. The fourth-order valence-electron chi connectivity index (χ4n) is 1.70. The largest absolute Gasteiger partial charge is 0.502 e. The van der Waals surface area contributed by atoms with Gasteiger partial charge in [-0.15, -0.1) is 0 Å². The number of aliphatic imine (C=N–C) groups is 1. The summed E-state index contributed by atoms with van der Waals surface area (Å²) < 4.78 is 18.0. The molecule has 0 bridgehead atoms. The summed E-state index contributed by atoms with van der Waals surface area (Å²) in [4.78, 5) is 13.9. The molecule has 0 aromatic carbocycles. The number of nitrogens with zero attached hydrogens (tertiary/aromatic N) is 1. The average molecular weight is 318 g/mol. The molecular weight excluding hydrogens is 286 g/mol. The van der Waals surface area contributed by atoms with Gasteiger partial charge in [-0.2, -0.15) is 0 Å². The van der Waals surface area contributed by atoms with E-state index in [1.165, 1.54) is 0 Å². The van der Waals surface area contributed by atoms with Crippen LogP contribution in [0.4, 0.5) is 0 Å². The molecular formula is C15H31NO4Si. The van der Waals surface area contributed by atoms with E-state index in [0.717, 1.165) is 38.5 Å². The first kappa shape index (κ1) is 20.5. The van der Waals surface area contributed by atoms with E-state index in [2.05, 4.69) is 25.8 Å². The molecule has 0 saturated carbocycles. The van der Waals surface area contributed by atoms with Gasteiger partial charge in [0.05, 0.1) is 6.54 Å². The van der Waals surface area contributed by atoms with Crippen molar-refractivity contribution in [1.82, 2.24) is 0 Å². The van der Waals surface area contributed by atoms with Gasteiger partial charge in [0, 0.05) is 25.9 Å². The Morgan fingerprint density at radius 2 is 1.29 bits per heavy atom. The van der Waals surface area contributed by atoms with E-state index in [1.807, 2.05) is 0 Å². The predicted octanol–water partition coefficient (Wildman–Crippen LogP) is 3.71. The van der Waals surface area contributed by atoms with E-state index < -0.39 is 8.80 Å². The monoisotopic (exact) mass is 317 g/mol. The van der Waals surface area contributed by atoms with E-state index in [9.17, 15) is 4.79 Å². The van der Waals surface area contributed by atoms with Gasteiger partial charge in [-0.05, 0) is 19.3 Å². The molecule has 0 aliphatic rings. The molecule has 0 heterocycles. The van der Waals surface area contributed by atoms with Crippen molar-refractivity contribution in [3.8, 4) is 0 Å². The molecule has 0 N–H and O–H groups in total. The molecule has 0 aromatic heterocycles. The van der Waals surface area contributed by atoms with Crippen molar-refractivity contribution in [2.24, 2.45) is 4.99 Å². The third-order valence-electron chi connectivity index (χ3n) is 3.05. The molecule has 0 aliphatic carbocycles. The normalized spacial score (nSPS) is 11.4.